The Balaban J connectivity index is 2.00. The van der Waals surface area contributed by atoms with Gasteiger partial charge in [0.2, 0.25) is 5.91 Å². The minimum atomic E-state index is -0.663. The van der Waals surface area contributed by atoms with Crippen LogP contribution in [0.5, 0.6) is 0 Å². The highest BCUT2D eigenvalue weighted by atomic mass is 19.1. The molecule has 0 atom stereocenters. The van der Waals surface area contributed by atoms with E-state index in [0.717, 1.165) is 6.07 Å². The molecule has 0 spiro atoms. The van der Waals surface area contributed by atoms with E-state index < -0.39 is 17.3 Å². The first kappa shape index (κ1) is 14.0. The van der Waals surface area contributed by atoms with Crippen molar-refractivity contribution in [3.05, 3.63) is 35.1 Å². The van der Waals surface area contributed by atoms with Gasteiger partial charge in [0.1, 0.15) is 5.82 Å². The minimum Gasteiger partial charge on any atom is -0.387 e. The molecule has 4 nitrogen and oxygen atoms in total. The van der Waals surface area contributed by atoms with Crippen molar-refractivity contribution >= 4 is 5.91 Å². The molecule has 3 N–H and O–H groups in total. The van der Waals surface area contributed by atoms with Crippen LogP contribution in [0, 0.1) is 11.7 Å². The van der Waals surface area contributed by atoms with Gasteiger partial charge in [-0.25, -0.2) is 4.39 Å². The average Bonchev–Trinajstić information content (AvgIpc) is 2.28. The summed E-state index contributed by atoms with van der Waals surface area (Å²) in [5.41, 5.74) is 5.11. The second kappa shape index (κ2) is 4.90. The van der Waals surface area contributed by atoms with Crippen molar-refractivity contribution in [1.82, 2.24) is 4.90 Å². The Kier molecular flexibility index (Phi) is 3.60. The Morgan fingerprint density at radius 3 is 2.63 bits per heavy atom. The number of carbonyl (C=O) groups is 1. The SMILES string of the molecule is CC(C)C1(O)CN(Cc2ccc(C(N)=O)cc2F)C1. The number of benzene rings is 1. The van der Waals surface area contributed by atoms with Gasteiger partial charge in [0.15, 0.2) is 0 Å². The summed E-state index contributed by atoms with van der Waals surface area (Å²) in [7, 11) is 0. The van der Waals surface area contributed by atoms with Crippen LogP contribution >= 0.6 is 0 Å². The van der Waals surface area contributed by atoms with Crippen LogP contribution in [0.15, 0.2) is 18.2 Å². The van der Waals surface area contributed by atoms with Crippen LogP contribution in [0.2, 0.25) is 0 Å². The van der Waals surface area contributed by atoms with Crippen molar-refractivity contribution in [3.8, 4) is 0 Å². The third kappa shape index (κ3) is 2.77. The fraction of sp³-hybridized carbons (Fsp3) is 0.500. The van der Waals surface area contributed by atoms with Crippen LogP contribution in [-0.2, 0) is 6.54 Å². The van der Waals surface area contributed by atoms with E-state index in [9.17, 15) is 14.3 Å². The smallest absolute Gasteiger partial charge is 0.248 e. The van der Waals surface area contributed by atoms with Crippen LogP contribution in [0.1, 0.15) is 29.8 Å². The summed E-state index contributed by atoms with van der Waals surface area (Å²) in [6, 6.07) is 4.25. The Morgan fingerprint density at radius 1 is 1.53 bits per heavy atom. The molecule has 1 heterocycles. The maximum atomic E-state index is 13.8. The molecule has 2 rings (SSSR count). The Morgan fingerprint density at radius 2 is 2.16 bits per heavy atom. The molecular weight excluding hydrogens is 247 g/mol. The summed E-state index contributed by atoms with van der Waals surface area (Å²) in [4.78, 5) is 12.9. The fourth-order valence-corrected chi connectivity index (χ4v) is 2.27. The maximum absolute atomic E-state index is 13.8. The number of nitrogens with two attached hydrogens (primary N) is 1. The lowest BCUT2D eigenvalue weighted by molar-refractivity contribution is -0.131. The topological polar surface area (TPSA) is 66.6 Å². The molecule has 5 heteroatoms. The van der Waals surface area contributed by atoms with E-state index in [1.807, 2.05) is 18.7 Å². The lowest BCUT2D eigenvalue weighted by atomic mass is 9.83. The first-order valence-corrected chi connectivity index (χ1v) is 6.35. The molecule has 0 aliphatic carbocycles. The van der Waals surface area contributed by atoms with E-state index in [1.165, 1.54) is 6.07 Å². The second-order valence-electron chi connectivity index (χ2n) is 5.57. The highest BCUT2D eigenvalue weighted by Crippen LogP contribution is 2.30. The number of rotatable bonds is 4. The van der Waals surface area contributed by atoms with Crippen molar-refractivity contribution < 1.29 is 14.3 Å². The number of hydrogen-bond donors (Lipinski definition) is 2. The summed E-state index contributed by atoms with van der Waals surface area (Å²) in [6.45, 7) is 5.46. The van der Waals surface area contributed by atoms with Crippen molar-refractivity contribution in [3.63, 3.8) is 0 Å². The molecule has 1 aromatic rings. The number of likely N-dealkylation sites (tertiary alicyclic amines) is 1. The van der Waals surface area contributed by atoms with Crippen LogP contribution in [0.4, 0.5) is 4.39 Å². The number of β-amino-alcohol motifs (C(OH)–C–C–N with tert-alkyl or cyclic N) is 1. The number of hydrogen-bond acceptors (Lipinski definition) is 3. The molecule has 0 radical (unpaired) electrons. The second-order valence-corrected chi connectivity index (χ2v) is 5.57. The summed E-state index contributed by atoms with van der Waals surface area (Å²) in [5, 5.41) is 10.1. The molecule has 1 aromatic carbocycles. The lowest BCUT2D eigenvalue weighted by Gasteiger charge is -2.49. The highest BCUT2D eigenvalue weighted by molar-refractivity contribution is 5.92. The summed E-state index contributed by atoms with van der Waals surface area (Å²) in [6.07, 6.45) is 0. The largest absolute Gasteiger partial charge is 0.387 e. The van der Waals surface area contributed by atoms with Gasteiger partial charge < -0.3 is 10.8 Å². The van der Waals surface area contributed by atoms with Gasteiger partial charge in [0.05, 0.1) is 5.60 Å². The zero-order valence-electron chi connectivity index (χ0n) is 11.2. The number of aliphatic hydroxyl groups is 1. The van der Waals surface area contributed by atoms with Gasteiger partial charge in [0.25, 0.3) is 0 Å². The Bertz CT molecular complexity index is 496. The molecule has 19 heavy (non-hydrogen) atoms. The molecule has 1 fully saturated rings. The van der Waals surface area contributed by atoms with Gasteiger partial charge in [-0.2, -0.15) is 0 Å². The zero-order valence-corrected chi connectivity index (χ0v) is 11.2. The molecule has 1 saturated heterocycles. The molecule has 1 amide bonds. The van der Waals surface area contributed by atoms with E-state index in [-0.39, 0.29) is 11.5 Å². The van der Waals surface area contributed by atoms with Gasteiger partial charge in [0, 0.05) is 30.8 Å². The summed E-state index contributed by atoms with van der Waals surface area (Å²) < 4.78 is 13.8. The number of halogens is 1. The van der Waals surface area contributed by atoms with E-state index >= 15 is 0 Å². The van der Waals surface area contributed by atoms with Crippen molar-refractivity contribution in [2.45, 2.75) is 26.0 Å². The predicted molar refractivity (Wildman–Crippen MR) is 70.0 cm³/mol. The van der Waals surface area contributed by atoms with Crippen LogP contribution in [0.25, 0.3) is 0 Å². The van der Waals surface area contributed by atoms with Gasteiger partial charge >= 0.3 is 0 Å². The van der Waals surface area contributed by atoms with Gasteiger partial charge in [-0.15, -0.1) is 0 Å². The normalized spacial score (nSPS) is 18.4. The summed E-state index contributed by atoms with van der Waals surface area (Å²) >= 11 is 0. The Hall–Kier alpha value is -1.46. The van der Waals surface area contributed by atoms with Gasteiger partial charge in [-0.1, -0.05) is 19.9 Å². The van der Waals surface area contributed by atoms with Crippen molar-refractivity contribution in [2.75, 3.05) is 13.1 Å². The van der Waals surface area contributed by atoms with Crippen LogP contribution < -0.4 is 5.73 Å². The molecule has 1 aliphatic heterocycles. The van der Waals surface area contributed by atoms with Crippen molar-refractivity contribution in [2.24, 2.45) is 11.7 Å². The van der Waals surface area contributed by atoms with E-state index in [4.69, 9.17) is 5.73 Å². The van der Waals surface area contributed by atoms with Gasteiger partial charge in [-0.3, -0.25) is 9.69 Å². The number of nitrogens with zero attached hydrogens (tertiary/aromatic N) is 1. The number of primary amides is 1. The zero-order chi connectivity index (χ0) is 14.2. The van der Waals surface area contributed by atoms with Crippen molar-refractivity contribution in [1.29, 1.82) is 0 Å². The third-order valence-electron chi connectivity index (χ3n) is 3.80. The first-order chi connectivity index (χ1) is 8.82. The molecule has 104 valence electrons. The summed E-state index contributed by atoms with van der Waals surface area (Å²) in [5.74, 6) is -0.884. The standard InChI is InChI=1S/C14H19FN2O2/c1-9(2)14(19)7-17(8-14)6-11-4-3-10(13(16)18)5-12(11)15/h3-5,9,19H,6-8H2,1-2H3,(H2,16,18). The number of carbonyl (C=O) groups excluding carboxylic acids is 1. The fourth-order valence-electron chi connectivity index (χ4n) is 2.27. The van der Waals surface area contributed by atoms with Crippen LogP contribution in [0.3, 0.4) is 0 Å². The molecule has 0 aromatic heterocycles. The molecule has 1 aliphatic rings. The quantitative estimate of drug-likeness (QED) is 0.858. The average molecular weight is 266 g/mol. The molecule has 0 unspecified atom stereocenters. The minimum absolute atomic E-state index is 0.170. The van der Waals surface area contributed by atoms with Gasteiger partial charge in [-0.05, 0) is 18.1 Å². The van der Waals surface area contributed by atoms with E-state index in [1.54, 1.807) is 6.07 Å². The molecule has 0 bridgehead atoms. The monoisotopic (exact) mass is 266 g/mol. The van der Waals surface area contributed by atoms with E-state index in [0.29, 0.717) is 25.2 Å². The predicted octanol–water partition coefficient (Wildman–Crippen LogP) is 1.13. The third-order valence-corrected chi connectivity index (χ3v) is 3.80. The maximum Gasteiger partial charge on any atom is 0.248 e. The van der Waals surface area contributed by atoms with Crippen LogP contribution in [-0.4, -0.2) is 34.6 Å². The molecule has 0 saturated carbocycles. The lowest BCUT2D eigenvalue weighted by Crippen LogP contribution is -2.63. The molecular formula is C14H19FN2O2. The van der Waals surface area contributed by atoms with E-state index in [2.05, 4.69) is 0 Å². The number of amides is 1. The first-order valence-electron chi connectivity index (χ1n) is 6.35. The highest BCUT2D eigenvalue weighted by Gasteiger charge is 2.43. The Labute approximate surface area is 112 Å².